The summed E-state index contributed by atoms with van der Waals surface area (Å²) in [5.74, 6) is -0.308. The lowest BCUT2D eigenvalue weighted by Crippen LogP contribution is -1.93. The predicted molar refractivity (Wildman–Crippen MR) is 53.8 cm³/mol. The summed E-state index contributed by atoms with van der Waals surface area (Å²) in [4.78, 5) is 8.07. The van der Waals surface area contributed by atoms with Gasteiger partial charge in [0.05, 0.1) is 5.56 Å². The number of phenols is 1. The van der Waals surface area contributed by atoms with Crippen LogP contribution in [0.1, 0.15) is 5.69 Å². The second-order valence-corrected chi connectivity index (χ2v) is 3.19. The Kier molecular flexibility index (Phi) is 2.33. The predicted octanol–water partition coefficient (Wildman–Crippen LogP) is 2.30. The Bertz CT molecular complexity index is 500. The lowest BCUT2D eigenvalue weighted by molar-refractivity contribution is 0.469. The summed E-state index contributed by atoms with van der Waals surface area (Å²) >= 11 is 0. The third-order valence-corrected chi connectivity index (χ3v) is 1.99. The Balaban J connectivity index is 2.54. The van der Waals surface area contributed by atoms with Gasteiger partial charge in [-0.2, -0.15) is 0 Å². The number of hydrogen-bond acceptors (Lipinski definition) is 3. The molecular weight excluding hydrogens is 195 g/mol. The first-order valence-electron chi connectivity index (χ1n) is 4.45. The maximum Gasteiger partial charge on any atom is 0.162 e. The topological polar surface area (TPSA) is 46.0 Å². The molecule has 0 radical (unpaired) electrons. The van der Waals surface area contributed by atoms with Gasteiger partial charge in [0.2, 0.25) is 0 Å². The highest BCUT2D eigenvalue weighted by Gasteiger charge is 2.08. The van der Waals surface area contributed by atoms with Crippen LogP contribution in [0.5, 0.6) is 5.75 Å². The minimum Gasteiger partial charge on any atom is -0.508 e. The summed E-state index contributed by atoms with van der Waals surface area (Å²) in [6.07, 6.45) is 1.57. The van der Waals surface area contributed by atoms with Crippen LogP contribution in [0.25, 0.3) is 11.4 Å². The largest absolute Gasteiger partial charge is 0.508 e. The van der Waals surface area contributed by atoms with E-state index in [2.05, 4.69) is 9.97 Å². The van der Waals surface area contributed by atoms with Crippen molar-refractivity contribution in [1.82, 2.24) is 9.97 Å². The Labute approximate surface area is 86.3 Å². The van der Waals surface area contributed by atoms with Gasteiger partial charge in [-0.25, -0.2) is 14.4 Å². The molecule has 0 atom stereocenters. The van der Waals surface area contributed by atoms with E-state index in [1.807, 2.05) is 6.92 Å². The summed E-state index contributed by atoms with van der Waals surface area (Å²) in [5, 5.41) is 9.06. The van der Waals surface area contributed by atoms with Gasteiger partial charge in [0, 0.05) is 18.0 Å². The molecule has 15 heavy (non-hydrogen) atoms. The first kappa shape index (κ1) is 9.58. The van der Waals surface area contributed by atoms with Gasteiger partial charge in [-0.3, -0.25) is 0 Å². The molecule has 0 aliphatic rings. The average molecular weight is 204 g/mol. The molecule has 1 N–H and O–H groups in total. The van der Waals surface area contributed by atoms with Gasteiger partial charge in [0.15, 0.2) is 5.82 Å². The molecule has 4 heteroatoms. The van der Waals surface area contributed by atoms with Crippen LogP contribution in [0.3, 0.4) is 0 Å². The highest BCUT2D eigenvalue weighted by Crippen LogP contribution is 2.22. The average Bonchev–Trinajstić information content (AvgIpc) is 2.17. The van der Waals surface area contributed by atoms with E-state index in [1.54, 1.807) is 12.3 Å². The van der Waals surface area contributed by atoms with Crippen LogP contribution in [-0.2, 0) is 0 Å². The highest BCUT2D eigenvalue weighted by molar-refractivity contribution is 5.57. The number of hydrogen-bond donors (Lipinski definition) is 1. The zero-order valence-electron chi connectivity index (χ0n) is 8.11. The lowest BCUT2D eigenvalue weighted by Gasteiger charge is -2.02. The fourth-order valence-electron chi connectivity index (χ4n) is 1.26. The summed E-state index contributed by atoms with van der Waals surface area (Å²) in [6.45, 7) is 1.81. The third kappa shape index (κ3) is 1.93. The SMILES string of the molecule is Cc1ccnc(-c2ccc(O)cc2F)n1. The zero-order valence-corrected chi connectivity index (χ0v) is 8.11. The van der Waals surface area contributed by atoms with Crippen LogP contribution in [-0.4, -0.2) is 15.1 Å². The van der Waals surface area contributed by atoms with E-state index in [1.165, 1.54) is 12.1 Å². The van der Waals surface area contributed by atoms with Gasteiger partial charge in [0.1, 0.15) is 11.6 Å². The molecule has 0 saturated carbocycles. The van der Waals surface area contributed by atoms with E-state index in [9.17, 15) is 4.39 Å². The first-order valence-corrected chi connectivity index (χ1v) is 4.45. The van der Waals surface area contributed by atoms with Crippen molar-refractivity contribution in [3.63, 3.8) is 0 Å². The number of halogens is 1. The maximum atomic E-state index is 13.4. The van der Waals surface area contributed by atoms with E-state index in [0.29, 0.717) is 5.82 Å². The quantitative estimate of drug-likeness (QED) is 0.775. The smallest absolute Gasteiger partial charge is 0.162 e. The normalized spacial score (nSPS) is 10.3. The van der Waals surface area contributed by atoms with Gasteiger partial charge in [0.25, 0.3) is 0 Å². The van der Waals surface area contributed by atoms with E-state index < -0.39 is 5.82 Å². The summed E-state index contributed by atoms with van der Waals surface area (Å²) in [6, 6.07) is 5.65. The molecule has 2 aromatic rings. The van der Waals surface area contributed by atoms with Crippen LogP contribution in [0, 0.1) is 12.7 Å². The van der Waals surface area contributed by atoms with E-state index in [4.69, 9.17) is 5.11 Å². The van der Waals surface area contributed by atoms with Gasteiger partial charge in [-0.15, -0.1) is 0 Å². The molecule has 1 heterocycles. The van der Waals surface area contributed by atoms with Crippen molar-refractivity contribution in [2.75, 3.05) is 0 Å². The van der Waals surface area contributed by atoms with Crippen molar-refractivity contribution < 1.29 is 9.50 Å². The van der Waals surface area contributed by atoms with Gasteiger partial charge < -0.3 is 5.11 Å². The van der Waals surface area contributed by atoms with Crippen LogP contribution in [0.2, 0.25) is 0 Å². The molecular formula is C11H9FN2O. The zero-order chi connectivity index (χ0) is 10.8. The summed E-state index contributed by atoms with van der Waals surface area (Å²) in [7, 11) is 0. The molecule has 0 saturated heterocycles. The molecule has 0 aliphatic carbocycles. The van der Waals surface area contributed by atoms with E-state index in [-0.39, 0.29) is 11.3 Å². The fourth-order valence-corrected chi connectivity index (χ4v) is 1.26. The molecule has 76 valence electrons. The van der Waals surface area contributed by atoms with Crippen molar-refractivity contribution in [2.24, 2.45) is 0 Å². The minimum atomic E-state index is -0.527. The number of rotatable bonds is 1. The molecule has 0 spiro atoms. The van der Waals surface area contributed by atoms with E-state index in [0.717, 1.165) is 11.8 Å². The van der Waals surface area contributed by atoms with E-state index >= 15 is 0 Å². The molecule has 0 bridgehead atoms. The summed E-state index contributed by atoms with van der Waals surface area (Å²) < 4.78 is 13.4. The molecule has 3 nitrogen and oxygen atoms in total. The second-order valence-electron chi connectivity index (χ2n) is 3.19. The summed E-state index contributed by atoms with van der Waals surface area (Å²) in [5.41, 5.74) is 1.06. The molecule has 1 aromatic heterocycles. The Morgan fingerprint density at radius 1 is 1.27 bits per heavy atom. The number of aryl methyl sites for hydroxylation is 1. The number of benzene rings is 1. The number of aromatic hydroxyl groups is 1. The number of phenolic OH excluding ortho intramolecular Hbond substituents is 1. The van der Waals surface area contributed by atoms with Crippen molar-refractivity contribution >= 4 is 0 Å². The monoisotopic (exact) mass is 204 g/mol. The Hall–Kier alpha value is -1.97. The van der Waals surface area contributed by atoms with Crippen LogP contribution >= 0.6 is 0 Å². The molecule has 1 aromatic carbocycles. The van der Waals surface area contributed by atoms with Crippen molar-refractivity contribution in [3.8, 4) is 17.1 Å². The third-order valence-electron chi connectivity index (χ3n) is 1.99. The van der Waals surface area contributed by atoms with Gasteiger partial charge in [-0.1, -0.05) is 0 Å². The molecule has 2 rings (SSSR count). The van der Waals surface area contributed by atoms with Crippen LogP contribution in [0.4, 0.5) is 4.39 Å². The highest BCUT2D eigenvalue weighted by atomic mass is 19.1. The lowest BCUT2D eigenvalue weighted by atomic mass is 10.2. The maximum absolute atomic E-state index is 13.4. The number of nitrogens with zero attached hydrogens (tertiary/aromatic N) is 2. The second kappa shape index (κ2) is 3.65. The van der Waals surface area contributed by atoms with Crippen LogP contribution < -0.4 is 0 Å². The first-order chi connectivity index (χ1) is 7.16. The Morgan fingerprint density at radius 3 is 2.73 bits per heavy atom. The van der Waals surface area contributed by atoms with Crippen LogP contribution in [0.15, 0.2) is 30.5 Å². The minimum absolute atomic E-state index is 0.107. The van der Waals surface area contributed by atoms with Crippen molar-refractivity contribution in [2.45, 2.75) is 6.92 Å². The standard InChI is InChI=1S/C11H9FN2O/c1-7-4-5-13-11(14-7)9-3-2-8(15)6-10(9)12/h2-6,15H,1H3. The molecule has 0 amide bonds. The van der Waals surface area contributed by atoms with Crippen molar-refractivity contribution in [3.05, 3.63) is 42.0 Å². The molecule has 0 unspecified atom stereocenters. The van der Waals surface area contributed by atoms with Gasteiger partial charge in [-0.05, 0) is 25.1 Å². The van der Waals surface area contributed by atoms with Gasteiger partial charge >= 0.3 is 0 Å². The molecule has 0 fully saturated rings. The van der Waals surface area contributed by atoms with Crippen molar-refractivity contribution in [1.29, 1.82) is 0 Å². The number of aromatic nitrogens is 2. The molecule has 0 aliphatic heterocycles. The Morgan fingerprint density at radius 2 is 2.07 bits per heavy atom. The fraction of sp³-hybridized carbons (Fsp3) is 0.0909.